The van der Waals surface area contributed by atoms with Crippen molar-refractivity contribution in [3.8, 4) is 0 Å². The number of benzene rings is 1. The molecule has 4 nitrogen and oxygen atoms in total. The number of hydrogen-bond donors (Lipinski definition) is 0. The molecule has 1 fully saturated rings. The van der Waals surface area contributed by atoms with E-state index in [9.17, 15) is 4.91 Å². The molecule has 0 bridgehead atoms. The van der Waals surface area contributed by atoms with Crippen molar-refractivity contribution in [3.05, 3.63) is 34.2 Å². The maximum atomic E-state index is 11.1. The van der Waals surface area contributed by atoms with Crippen LogP contribution < -0.4 is 5.01 Å². The minimum atomic E-state index is 0.476. The summed E-state index contributed by atoms with van der Waals surface area (Å²) in [6.45, 7) is 4.93. The summed E-state index contributed by atoms with van der Waals surface area (Å²) in [6, 6.07) is 6.75. The Kier molecular flexibility index (Phi) is 3.04. The van der Waals surface area contributed by atoms with Gasteiger partial charge in [-0.3, -0.25) is 4.90 Å². The molecule has 0 amide bonds. The van der Waals surface area contributed by atoms with Crippen LogP contribution >= 0.6 is 0 Å². The van der Waals surface area contributed by atoms with E-state index in [1.54, 1.807) is 5.01 Å². The molecule has 1 atom stereocenters. The Hall–Kier alpha value is -1.42. The van der Waals surface area contributed by atoms with Crippen LogP contribution in [0.15, 0.2) is 23.5 Å². The summed E-state index contributed by atoms with van der Waals surface area (Å²) in [5.74, 6) is 0. The fourth-order valence-electron chi connectivity index (χ4n) is 3.16. The van der Waals surface area contributed by atoms with Gasteiger partial charge in [0, 0.05) is 12.6 Å². The molecule has 3 rings (SSSR count). The third-order valence-electron chi connectivity index (χ3n) is 4.12. The minimum absolute atomic E-state index is 0.476. The van der Waals surface area contributed by atoms with Crippen molar-refractivity contribution in [3.63, 3.8) is 0 Å². The Labute approximate surface area is 108 Å². The minimum Gasteiger partial charge on any atom is -0.294 e. The van der Waals surface area contributed by atoms with Crippen LogP contribution in [0, 0.1) is 11.8 Å². The molecule has 0 saturated carbocycles. The molecule has 2 aliphatic heterocycles. The number of rotatable bonds is 1. The van der Waals surface area contributed by atoms with E-state index in [2.05, 4.69) is 29.2 Å². The standard InChI is InChI=1S/C14H19N3O/c1-11-5-6-14-12(8-11)9-16-7-3-2-4-13(16)10-17(14)15-18/h5-6,8,13H,2-4,7,9-10H2,1H3. The molecule has 2 aliphatic rings. The molecule has 1 saturated heterocycles. The van der Waals surface area contributed by atoms with Crippen LogP contribution in [0.5, 0.6) is 0 Å². The van der Waals surface area contributed by atoms with Gasteiger partial charge < -0.3 is 0 Å². The lowest BCUT2D eigenvalue weighted by atomic mass is 10.0. The van der Waals surface area contributed by atoms with Crippen molar-refractivity contribution in [2.75, 3.05) is 18.1 Å². The Balaban J connectivity index is 1.99. The highest BCUT2D eigenvalue weighted by Crippen LogP contribution is 2.31. The third-order valence-corrected chi connectivity index (χ3v) is 4.12. The quantitative estimate of drug-likeness (QED) is 0.714. The first-order valence-corrected chi connectivity index (χ1v) is 6.72. The van der Waals surface area contributed by atoms with Gasteiger partial charge in [0.2, 0.25) is 0 Å². The molecular formula is C14H19N3O. The van der Waals surface area contributed by atoms with Crippen molar-refractivity contribution in [2.24, 2.45) is 5.29 Å². The van der Waals surface area contributed by atoms with Crippen molar-refractivity contribution in [1.82, 2.24) is 4.90 Å². The summed E-state index contributed by atoms with van der Waals surface area (Å²) in [5, 5.41) is 4.87. The second-order valence-electron chi connectivity index (χ2n) is 5.42. The molecule has 1 aromatic rings. The number of hydrogen-bond acceptors (Lipinski definition) is 3. The molecule has 1 aromatic carbocycles. The number of nitroso groups, excluding NO2 is 1. The van der Waals surface area contributed by atoms with Gasteiger partial charge in [-0.25, -0.2) is 5.01 Å². The van der Waals surface area contributed by atoms with E-state index >= 15 is 0 Å². The SMILES string of the molecule is Cc1ccc2c(c1)CN1CCCCC1CN2N=O. The fraction of sp³-hybridized carbons (Fsp3) is 0.571. The number of aryl methyl sites for hydroxylation is 1. The first-order valence-electron chi connectivity index (χ1n) is 6.72. The molecule has 0 spiro atoms. The first-order chi connectivity index (χ1) is 8.78. The Morgan fingerprint density at radius 2 is 2.22 bits per heavy atom. The lowest BCUT2D eigenvalue weighted by molar-refractivity contribution is 0.148. The van der Waals surface area contributed by atoms with Crippen molar-refractivity contribution < 1.29 is 0 Å². The number of anilines is 1. The van der Waals surface area contributed by atoms with E-state index in [0.717, 1.165) is 25.3 Å². The summed E-state index contributed by atoms with van der Waals surface area (Å²) < 4.78 is 0. The number of fused-ring (bicyclic) bond motifs is 2. The average Bonchev–Trinajstić information content (AvgIpc) is 2.53. The summed E-state index contributed by atoms with van der Waals surface area (Å²) in [7, 11) is 0. The van der Waals surface area contributed by atoms with E-state index < -0.39 is 0 Å². The Morgan fingerprint density at radius 3 is 3.06 bits per heavy atom. The highest BCUT2D eigenvalue weighted by atomic mass is 16.3. The van der Waals surface area contributed by atoms with Crippen LogP contribution in [0.3, 0.4) is 0 Å². The van der Waals surface area contributed by atoms with Crippen molar-refractivity contribution >= 4 is 5.69 Å². The second-order valence-corrected chi connectivity index (χ2v) is 5.42. The van der Waals surface area contributed by atoms with Gasteiger partial charge in [0.1, 0.15) is 0 Å². The van der Waals surface area contributed by atoms with Gasteiger partial charge >= 0.3 is 0 Å². The molecule has 0 aromatic heterocycles. The zero-order chi connectivity index (χ0) is 12.5. The lowest BCUT2D eigenvalue weighted by Gasteiger charge is -2.34. The van der Waals surface area contributed by atoms with Gasteiger partial charge in [0.25, 0.3) is 0 Å². The fourth-order valence-corrected chi connectivity index (χ4v) is 3.16. The second kappa shape index (κ2) is 4.69. The van der Waals surface area contributed by atoms with Gasteiger partial charge in [-0.15, -0.1) is 4.91 Å². The molecule has 18 heavy (non-hydrogen) atoms. The zero-order valence-electron chi connectivity index (χ0n) is 10.8. The zero-order valence-corrected chi connectivity index (χ0v) is 10.8. The van der Waals surface area contributed by atoms with Gasteiger partial charge in [0.15, 0.2) is 0 Å². The smallest absolute Gasteiger partial charge is 0.0672 e. The van der Waals surface area contributed by atoms with E-state index in [1.807, 2.05) is 6.07 Å². The monoisotopic (exact) mass is 245 g/mol. The summed E-state index contributed by atoms with van der Waals surface area (Å²) in [6.07, 6.45) is 3.72. The third kappa shape index (κ3) is 2.01. The predicted molar refractivity (Wildman–Crippen MR) is 72.4 cm³/mol. The Bertz CT molecular complexity index is 460. The molecule has 0 aliphatic carbocycles. The largest absolute Gasteiger partial charge is 0.294 e. The molecule has 2 heterocycles. The summed E-state index contributed by atoms with van der Waals surface area (Å²) in [5.41, 5.74) is 3.47. The van der Waals surface area contributed by atoms with Crippen LogP contribution in [-0.2, 0) is 6.54 Å². The van der Waals surface area contributed by atoms with Crippen molar-refractivity contribution in [1.29, 1.82) is 0 Å². The van der Waals surface area contributed by atoms with Gasteiger partial charge in [-0.1, -0.05) is 24.1 Å². The van der Waals surface area contributed by atoms with Crippen LogP contribution in [0.4, 0.5) is 5.69 Å². The van der Waals surface area contributed by atoms with Gasteiger partial charge in [0.05, 0.1) is 17.5 Å². The predicted octanol–water partition coefficient (Wildman–Crippen LogP) is 2.85. The first kappa shape index (κ1) is 11.7. The molecule has 4 heteroatoms. The van der Waals surface area contributed by atoms with Crippen LogP contribution in [0.2, 0.25) is 0 Å². The van der Waals surface area contributed by atoms with Gasteiger partial charge in [-0.2, -0.15) is 0 Å². The van der Waals surface area contributed by atoms with E-state index in [1.165, 1.54) is 30.4 Å². The van der Waals surface area contributed by atoms with Crippen LogP contribution in [0.25, 0.3) is 0 Å². The van der Waals surface area contributed by atoms with Crippen LogP contribution in [-0.4, -0.2) is 24.0 Å². The number of nitrogens with zero attached hydrogens (tertiary/aromatic N) is 3. The topological polar surface area (TPSA) is 35.9 Å². The lowest BCUT2D eigenvalue weighted by Crippen LogP contribution is -2.43. The van der Waals surface area contributed by atoms with E-state index in [0.29, 0.717) is 6.04 Å². The molecule has 1 unspecified atom stereocenters. The molecular weight excluding hydrogens is 226 g/mol. The molecule has 0 N–H and O–H groups in total. The maximum Gasteiger partial charge on any atom is 0.0672 e. The highest BCUT2D eigenvalue weighted by molar-refractivity contribution is 5.55. The van der Waals surface area contributed by atoms with Crippen LogP contribution in [0.1, 0.15) is 30.4 Å². The normalized spacial score (nSPS) is 24.1. The summed E-state index contributed by atoms with van der Waals surface area (Å²) in [4.78, 5) is 13.6. The summed E-state index contributed by atoms with van der Waals surface area (Å²) >= 11 is 0. The Morgan fingerprint density at radius 1 is 1.33 bits per heavy atom. The molecule has 0 radical (unpaired) electrons. The van der Waals surface area contributed by atoms with Crippen molar-refractivity contribution in [2.45, 2.75) is 38.8 Å². The highest BCUT2D eigenvalue weighted by Gasteiger charge is 2.30. The average molecular weight is 245 g/mol. The van der Waals surface area contributed by atoms with E-state index in [-0.39, 0.29) is 0 Å². The maximum absolute atomic E-state index is 11.1. The molecule has 96 valence electrons. The van der Waals surface area contributed by atoms with Gasteiger partial charge in [-0.05, 0) is 37.9 Å². The van der Waals surface area contributed by atoms with E-state index in [4.69, 9.17) is 0 Å². The number of piperidine rings is 1.